The van der Waals surface area contributed by atoms with E-state index >= 15 is 0 Å². The highest BCUT2D eigenvalue weighted by Crippen LogP contribution is 2.57. The van der Waals surface area contributed by atoms with Crippen LogP contribution in [0.1, 0.15) is 47.1 Å². The predicted octanol–water partition coefficient (Wildman–Crippen LogP) is 3.52. The van der Waals surface area contributed by atoms with E-state index in [0.717, 1.165) is 59.0 Å². The molecule has 9 nitrogen and oxygen atoms in total. The van der Waals surface area contributed by atoms with Gasteiger partial charge in [-0.2, -0.15) is 0 Å². The lowest BCUT2D eigenvalue weighted by atomic mass is 9.72. The number of imidazole rings is 1. The maximum Gasteiger partial charge on any atom is 0.240 e. The maximum absolute atomic E-state index is 14.6. The summed E-state index contributed by atoms with van der Waals surface area (Å²) in [6.45, 7) is 5.19. The molecule has 188 valence electrons. The van der Waals surface area contributed by atoms with E-state index in [-0.39, 0.29) is 11.9 Å². The van der Waals surface area contributed by atoms with Gasteiger partial charge in [0.2, 0.25) is 5.91 Å². The number of nitrogens with one attached hydrogen (secondary N) is 1. The number of anilines is 1. The van der Waals surface area contributed by atoms with Crippen molar-refractivity contribution in [1.82, 2.24) is 29.9 Å². The number of aromatic nitrogens is 5. The number of benzene rings is 2. The van der Waals surface area contributed by atoms with Crippen molar-refractivity contribution < 1.29 is 9.53 Å². The van der Waals surface area contributed by atoms with E-state index in [9.17, 15) is 4.79 Å². The summed E-state index contributed by atoms with van der Waals surface area (Å²) >= 11 is 0. The lowest BCUT2D eigenvalue weighted by Crippen LogP contribution is -2.44. The minimum absolute atomic E-state index is 0.121. The molecule has 37 heavy (non-hydrogen) atoms. The van der Waals surface area contributed by atoms with Gasteiger partial charge in [-0.05, 0) is 42.7 Å². The summed E-state index contributed by atoms with van der Waals surface area (Å²) in [6, 6.07) is 16.4. The zero-order valence-corrected chi connectivity index (χ0v) is 20.8. The number of fused-ring (bicyclic) bond motifs is 8. The standard InChI is InChI=1S/C28H29N7O2/c1-19-24(30-18-29-19)17-33-12-10-28-23-8-2-3-9-25(23)35(27(28)36)16-21-15-34(32-31-21)11-5-13-37-22-7-4-6-20(14-22)26(28)33/h2-4,6-9,14-15,18,26H,5,10-13,16-17H2,1H3,(H,29,30)/t26-,28+/m0/s1. The highest BCUT2D eigenvalue weighted by atomic mass is 16.5. The molecule has 4 aromatic rings. The van der Waals surface area contributed by atoms with Gasteiger partial charge in [-0.3, -0.25) is 14.4 Å². The highest BCUT2D eigenvalue weighted by Gasteiger charge is 2.60. The van der Waals surface area contributed by atoms with Gasteiger partial charge in [-0.15, -0.1) is 5.10 Å². The van der Waals surface area contributed by atoms with Crippen LogP contribution < -0.4 is 9.64 Å². The lowest BCUT2D eigenvalue weighted by molar-refractivity contribution is -0.124. The number of hydrogen-bond acceptors (Lipinski definition) is 6. The third-order valence-corrected chi connectivity index (χ3v) is 8.10. The third kappa shape index (κ3) is 3.48. The number of likely N-dealkylation sites (tertiary alicyclic amines) is 1. The van der Waals surface area contributed by atoms with Gasteiger partial charge < -0.3 is 14.6 Å². The number of amides is 1. The van der Waals surface area contributed by atoms with Crippen molar-refractivity contribution >= 4 is 11.6 Å². The van der Waals surface area contributed by atoms with Gasteiger partial charge in [0.05, 0.1) is 42.8 Å². The van der Waals surface area contributed by atoms with Gasteiger partial charge in [0.15, 0.2) is 0 Å². The molecule has 1 amide bonds. The summed E-state index contributed by atoms with van der Waals surface area (Å²) < 4.78 is 8.00. The van der Waals surface area contributed by atoms with Crippen molar-refractivity contribution in [2.24, 2.45) is 0 Å². The van der Waals surface area contributed by atoms with Crippen LogP contribution in [0.5, 0.6) is 5.75 Å². The number of aromatic amines is 1. The van der Waals surface area contributed by atoms with Crippen LogP contribution in [0, 0.1) is 6.92 Å². The molecule has 9 heteroatoms. The number of hydrogen-bond donors (Lipinski definition) is 1. The molecule has 2 atom stereocenters. The molecule has 0 aliphatic carbocycles. The monoisotopic (exact) mass is 495 g/mol. The van der Waals surface area contributed by atoms with Crippen LogP contribution in [0.4, 0.5) is 5.69 Å². The minimum atomic E-state index is -0.713. The van der Waals surface area contributed by atoms with E-state index in [4.69, 9.17) is 4.74 Å². The number of H-pyrrole nitrogens is 1. The Bertz CT molecular complexity index is 1480. The summed E-state index contributed by atoms with van der Waals surface area (Å²) in [7, 11) is 0. The largest absolute Gasteiger partial charge is 0.494 e. The van der Waals surface area contributed by atoms with E-state index in [1.54, 1.807) is 6.33 Å². The second-order valence-electron chi connectivity index (χ2n) is 10.2. The maximum atomic E-state index is 14.6. The summed E-state index contributed by atoms with van der Waals surface area (Å²) in [5.41, 5.74) is 5.27. The lowest BCUT2D eigenvalue weighted by Gasteiger charge is -2.35. The predicted molar refractivity (Wildman–Crippen MR) is 137 cm³/mol. The van der Waals surface area contributed by atoms with E-state index < -0.39 is 5.41 Å². The Morgan fingerprint density at radius 3 is 2.97 bits per heavy atom. The van der Waals surface area contributed by atoms with Gasteiger partial charge in [-0.25, -0.2) is 4.98 Å². The summed E-state index contributed by atoms with van der Waals surface area (Å²) in [4.78, 5) is 26.7. The zero-order valence-electron chi connectivity index (χ0n) is 20.8. The smallest absolute Gasteiger partial charge is 0.240 e. The topological polar surface area (TPSA) is 92.2 Å². The molecular formula is C28H29N7O2. The first-order chi connectivity index (χ1) is 18.1. The van der Waals surface area contributed by atoms with Gasteiger partial charge in [0.1, 0.15) is 11.4 Å². The first kappa shape index (κ1) is 22.2. The summed E-state index contributed by atoms with van der Waals surface area (Å²) in [5, 5.41) is 8.68. The van der Waals surface area contributed by atoms with Gasteiger partial charge in [-0.1, -0.05) is 35.5 Å². The Kier molecular flexibility index (Phi) is 5.14. The number of para-hydroxylation sites is 1. The second kappa shape index (κ2) is 8.55. The molecule has 3 aliphatic rings. The van der Waals surface area contributed by atoms with Crippen LogP contribution in [-0.2, 0) is 29.8 Å². The first-order valence-electron chi connectivity index (χ1n) is 12.9. The minimum Gasteiger partial charge on any atom is -0.494 e. The van der Waals surface area contributed by atoms with E-state index in [1.807, 2.05) is 47.0 Å². The number of carbonyl (C=O) groups is 1. The fraction of sp³-hybridized carbons (Fsp3) is 0.357. The number of carbonyl (C=O) groups excluding carboxylic acids is 1. The first-order valence-corrected chi connectivity index (χ1v) is 12.9. The average molecular weight is 496 g/mol. The molecule has 1 fully saturated rings. The van der Waals surface area contributed by atoms with Crippen LogP contribution in [0.25, 0.3) is 0 Å². The van der Waals surface area contributed by atoms with E-state index in [2.05, 4.69) is 49.4 Å². The van der Waals surface area contributed by atoms with E-state index in [1.165, 1.54) is 0 Å². The number of nitrogens with zero attached hydrogens (tertiary/aromatic N) is 6. The molecule has 0 unspecified atom stereocenters. The summed E-state index contributed by atoms with van der Waals surface area (Å²) in [6.07, 6.45) is 5.23. The van der Waals surface area contributed by atoms with Gasteiger partial charge in [0.25, 0.3) is 0 Å². The molecule has 6 bridgehead atoms. The Balaban J connectivity index is 1.41. The van der Waals surface area contributed by atoms with Crippen molar-refractivity contribution in [2.45, 2.75) is 50.9 Å². The number of ether oxygens (including phenoxy) is 1. The van der Waals surface area contributed by atoms with Gasteiger partial charge in [0, 0.05) is 37.4 Å². The van der Waals surface area contributed by atoms with Crippen molar-refractivity contribution in [3.8, 4) is 5.75 Å². The van der Waals surface area contributed by atoms with Crippen molar-refractivity contribution in [1.29, 1.82) is 0 Å². The van der Waals surface area contributed by atoms with Crippen LogP contribution in [0.2, 0.25) is 0 Å². The molecule has 2 aromatic heterocycles. The van der Waals surface area contributed by atoms with Crippen LogP contribution in [0.15, 0.2) is 61.1 Å². The zero-order chi connectivity index (χ0) is 25.0. The van der Waals surface area contributed by atoms with E-state index in [0.29, 0.717) is 26.2 Å². The number of rotatable bonds is 2. The Hall–Kier alpha value is -3.98. The number of aryl methyl sites for hydroxylation is 2. The Labute approximate surface area is 215 Å². The molecule has 1 spiro atoms. The fourth-order valence-electron chi connectivity index (χ4n) is 6.39. The normalized spacial score (nSPS) is 23.2. The molecule has 1 saturated heterocycles. The SMILES string of the molecule is Cc1[nH]cnc1CN1CC[C@]23C(=O)N(Cc4cn(nn4)CCCOc4cccc(c4)[C@H]12)c1ccccc13. The third-order valence-electron chi connectivity index (χ3n) is 8.10. The van der Waals surface area contributed by atoms with Crippen molar-refractivity contribution in [2.75, 3.05) is 18.1 Å². The Morgan fingerprint density at radius 2 is 2.08 bits per heavy atom. The second-order valence-corrected chi connectivity index (χ2v) is 10.2. The molecule has 5 heterocycles. The fourth-order valence-corrected chi connectivity index (χ4v) is 6.39. The summed E-state index contributed by atoms with van der Waals surface area (Å²) in [5.74, 6) is 0.941. The van der Waals surface area contributed by atoms with Crippen molar-refractivity contribution in [3.05, 3.63) is 89.3 Å². The molecule has 1 N–H and O–H groups in total. The average Bonchev–Trinajstić information content (AvgIpc) is 3.67. The molecule has 7 rings (SSSR count). The molecule has 2 aromatic carbocycles. The molecular weight excluding hydrogens is 466 g/mol. The highest BCUT2D eigenvalue weighted by molar-refractivity contribution is 6.09. The van der Waals surface area contributed by atoms with Crippen LogP contribution in [-0.4, -0.2) is 48.9 Å². The van der Waals surface area contributed by atoms with Crippen LogP contribution in [0.3, 0.4) is 0 Å². The van der Waals surface area contributed by atoms with Crippen molar-refractivity contribution in [3.63, 3.8) is 0 Å². The molecule has 0 saturated carbocycles. The molecule has 3 aliphatic heterocycles. The molecule has 0 radical (unpaired) electrons. The van der Waals surface area contributed by atoms with Gasteiger partial charge >= 0.3 is 0 Å². The quantitative estimate of drug-likeness (QED) is 0.458. The Morgan fingerprint density at radius 1 is 1.16 bits per heavy atom. The van der Waals surface area contributed by atoms with Crippen LogP contribution >= 0.6 is 0 Å².